The molecule has 0 spiro atoms. The quantitative estimate of drug-likeness (QED) is 0.945. The summed E-state index contributed by atoms with van der Waals surface area (Å²) in [5.41, 5.74) is 6.57. The number of thiophene rings is 1. The van der Waals surface area contributed by atoms with Gasteiger partial charge in [-0.25, -0.2) is 0 Å². The Morgan fingerprint density at radius 2 is 2.29 bits per heavy atom. The van der Waals surface area contributed by atoms with Gasteiger partial charge in [0, 0.05) is 17.4 Å². The fourth-order valence-corrected chi connectivity index (χ4v) is 3.07. The molecule has 3 nitrogen and oxygen atoms in total. The lowest BCUT2D eigenvalue weighted by molar-refractivity contribution is 0.913. The summed E-state index contributed by atoms with van der Waals surface area (Å²) < 4.78 is 1.11. The summed E-state index contributed by atoms with van der Waals surface area (Å²) in [5.74, 6) is 0. The lowest BCUT2D eigenvalue weighted by Gasteiger charge is -1.86. The monoisotopic (exact) mass is 289 g/mol. The van der Waals surface area contributed by atoms with E-state index in [9.17, 15) is 0 Å². The third-order valence-electron chi connectivity index (χ3n) is 1.64. The zero-order chi connectivity index (χ0) is 9.97. The topological polar surface area (TPSA) is 51.8 Å². The first-order chi connectivity index (χ1) is 6.79. The van der Waals surface area contributed by atoms with Gasteiger partial charge < -0.3 is 5.73 Å². The third-order valence-corrected chi connectivity index (χ3v) is 4.18. The van der Waals surface area contributed by atoms with Crippen molar-refractivity contribution in [2.45, 2.75) is 6.42 Å². The van der Waals surface area contributed by atoms with Gasteiger partial charge in [0.1, 0.15) is 10.0 Å². The Kier molecular flexibility index (Phi) is 3.27. The molecular weight excluding hydrogens is 282 g/mol. The van der Waals surface area contributed by atoms with E-state index < -0.39 is 0 Å². The zero-order valence-corrected chi connectivity index (χ0v) is 10.5. The van der Waals surface area contributed by atoms with Crippen LogP contribution >= 0.6 is 38.6 Å². The van der Waals surface area contributed by atoms with Crippen molar-refractivity contribution in [1.82, 2.24) is 10.2 Å². The van der Waals surface area contributed by atoms with Gasteiger partial charge in [0.2, 0.25) is 0 Å². The fraction of sp³-hybridized carbons (Fsp3) is 0.250. The Morgan fingerprint density at radius 3 is 2.93 bits per heavy atom. The lowest BCUT2D eigenvalue weighted by atomic mass is 10.4. The van der Waals surface area contributed by atoms with Gasteiger partial charge >= 0.3 is 0 Å². The molecule has 0 unspecified atom stereocenters. The molecule has 6 heteroatoms. The van der Waals surface area contributed by atoms with Gasteiger partial charge in [0.25, 0.3) is 0 Å². The van der Waals surface area contributed by atoms with Gasteiger partial charge in [0.15, 0.2) is 0 Å². The summed E-state index contributed by atoms with van der Waals surface area (Å²) in [7, 11) is 0. The standard InChI is InChI=1S/C8H8BrN3S2/c9-6-3-5(4-13-6)8-12-11-7(14-8)1-2-10/h3-4H,1-2,10H2. The van der Waals surface area contributed by atoms with Crippen molar-refractivity contribution in [3.05, 3.63) is 20.2 Å². The molecule has 0 aromatic carbocycles. The molecule has 0 aliphatic rings. The van der Waals surface area contributed by atoms with Crippen molar-refractivity contribution in [2.75, 3.05) is 6.54 Å². The molecule has 0 fully saturated rings. The van der Waals surface area contributed by atoms with Crippen molar-refractivity contribution < 1.29 is 0 Å². The van der Waals surface area contributed by atoms with Crippen molar-refractivity contribution in [2.24, 2.45) is 5.73 Å². The highest BCUT2D eigenvalue weighted by Gasteiger charge is 2.07. The van der Waals surface area contributed by atoms with Crippen molar-refractivity contribution in [1.29, 1.82) is 0 Å². The number of aromatic nitrogens is 2. The summed E-state index contributed by atoms with van der Waals surface area (Å²) >= 11 is 6.68. The van der Waals surface area contributed by atoms with Crippen LogP contribution in [0.5, 0.6) is 0 Å². The summed E-state index contributed by atoms with van der Waals surface area (Å²) in [5, 5.41) is 12.2. The molecule has 2 rings (SSSR count). The third kappa shape index (κ3) is 2.20. The molecule has 2 N–H and O–H groups in total. The maximum absolute atomic E-state index is 5.45. The molecule has 0 atom stereocenters. The summed E-state index contributed by atoms with van der Waals surface area (Å²) in [6.07, 6.45) is 0.809. The Hall–Kier alpha value is -0.300. The SMILES string of the molecule is NCCc1nnc(-c2csc(Br)c2)s1. The number of halogens is 1. The van der Waals surface area contributed by atoms with E-state index >= 15 is 0 Å². The second-order valence-electron chi connectivity index (χ2n) is 2.68. The molecule has 0 bridgehead atoms. The highest BCUT2D eigenvalue weighted by atomic mass is 79.9. The van der Waals surface area contributed by atoms with E-state index in [-0.39, 0.29) is 0 Å². The maximum atomic E-state index is 5.45. The highest BCUT2D eigenvalue weighted by molar-refractivity contribution is 9.11. The minimum absolute atomic E-state index is 0.627. The van der Waals surface area contributed by atoms with Gasteiger partial charge in [-0.2, -0.15) is 0 Å². The smallest absolute Gasteiger partial charge is 0.148 e. The minimum Gasteiger partial charge on any atom is -0.330 e. The van der Waals surface area contributed by atoms with Crippen LogP contribution in [0.1, 0.15) is 5.01 Å². The molecular formula is C8H8BrN3S2. The van der Waals surface area contributed by atoms with E-state index in [1.807, 2.05) is 0 Å². The Labute approximate surface area is 98.1 Å². The maximum Gasteiger partial charge on any atom is 0.148 e. The first-order valence-electron chi connectivity index (χ1n) is 4.06. The molecule has 0 saturated heterocycles. The van der Waals surface area contributed by atoms with Gasteiger partial charge in [-0.05, 0) is 28.5 Å². The van der Waals surface area contributed by atoms with Crippen LogP contribution in [0.3, 0.4) is 0 Å². The van der Waals surface area contributed by atoms with Crippen LogP contribution in [0, 0.1) is 0 Å². The largest absolute Gasteiger partial charge is 0.330 e. The average Bonchev–Trinajstić information content (AvgIpc) is 2.74. The van der Waals surface area contributed by atoms with Crippen LogP contribution in [0.2, 0.25) is 0 Å². The van der Waals surface area contributed by atoms with Crippen molar-refractivity contribution in [3.8, 4) is 10.6 Å². The molecule has 74 valence electrons. The van der Waals surface area contributed by atoms with Gasteiger partial charge in [-0.1, -0.05) is 11.3 Å². The molecule has 0 radical (unpaired) electrons. The van der Waals surface area contributed by atoms with Gasteiger partial charge in [-0.3, -0.25) is 0 Å². The molecule has 0 saturated carbocycles. The number of rotatable bonds is 3. The predicted octanol–water partition coefficient (Wildman–Crippen LogP) is 2.53. The fourth-order valence-electron chi connectivity index (χ4n) is 1.02. The van der Waals surface area contributed by atoms with Crippen LogP contribution < -0.4 is 5.73 Å². The number of hydrogen-bond acceptors (Lipinski definition) is 5. The van der Waals surface area contributed by atoms with E-state index in [0.29, 0.717) is 6.54 Å². The lowest BCUT2D eigenvalue weighted by Crippen LogP contribution is -2.01. The second-order valence-corrected chi connectivity index (χ2v) is 6.03. The summed E-state index contributed by atoms with van der Waals surface area (Å²) in [6, 6.07) is 2.05. The Balaban J connectivity index is 2.24. The molecule has 0 aliphatic carbocycles. The van der Waals surface area contributed by atoms with E-state index in [1.165, 1.54) is 0 Å². The van der Waals surface area contributed by atoms with E-state index in [1.54, 1.807) is 22.7 Å². The van der Waals surface area contributed by atoms with Crippen LogP contribution in [0.15, 0.2) is 15.2 Å². The normalized spacial score (nSPS) is 10.7. The second kappa shape index (κ2) is 4.48. The Bertz CT molecular complexity index is 424. The zero-order valence-electron chi connectivity index (χ0n) is 7.24. The summed E-state index contributed by atoms with van der Waals surface area (Å²) in [6.45, 7) is 0.627. The van der Waals surface area contributed by atoms with Crippen LogP contribution in [-0.4, -0.2) is 16.7 Å². The number of nitrogens with zero attached hydrogens (tertiary/aromatic N) is 2. The molecule has 2 aromatic heterocycles. The molecule has 0 amide bonds. The van der Waals surface area contributed by atoms with Crippen LogP contribution in [-0.2, 0) is 6.42 Å². The van der Waals surface area contributed by atoms with Crippen molar-refractivity contribution >= 4 is 38.6 Å². The number of nitrogens with two attached hydrogens (primary N) is 1. The van der Waals surface area contributed by atoms with Crippen LogP contribution in [0.25, 0.3) is 10.6 Å². The first-order valence-corrected chi connectivity index (χ1v) is 6.55. The molecule has 2 aromatic rings. The van der Waals surface area contributed by atoms with E-state index in [0.717, 1.165) is 25.8 Å². The van der Waals surface area contributed by atoms with Gasteiger partial charge in [0.05, 0.1) is 3.79 Å². The van der Waals surface area contributed by atoms with E-state index in [2.05, 4.69) is 37.6 Å². The van der Waals surface area contributed by atoms with E-state index in [4.69, 9.17) is 5.73 Å². The molecule has 14 heavy (non-hydrogen) atoms. The minimum atomic E-state index is 0.627. The average molecular weight is 290 g/mol. The van der Waals surface area contributed by atoms with Gasteiger partial charge in [-0.15, -0.1) is 21.5 Å². The first kappa shape index (κ1) is 10.2. The Morgan fingerprint density at radius 1 is 1.43 bits per heavy atom. The molecule has 2 heterocycles. The highest BCUT2D eigenvalue weighted by Crippen LogP contribution is 2.30. The summed E-state index contributed by atoms with van der Waals surface area (Å²) in [4.78, 5) is 0. The molecule has 0 aliphatic heterocycles. The van der Waals surface area contributed by atoms with Crippen molar-refractivity contribution in [3.63, 3.8) is 0 Å². The predicted molar refractivity (Wildman–Crippen MR) is 63.7 cm³/mol. The number of hydrogen-bond donors (Lipinski definition) is 1. The van der Waals surface area contributed by atoms with Crippen LogP contribution in [0.4, 0.5) is 0 Å².